The Morgan fingerprint density at radius 2 is 2.05 bits per heavy atom. The number of rotatable bonds is 5. The van der Waals surface area contributed by atoms with Crippen molar-refractivity contribution in [2.24, 2.45) is 5.92 Å². The Kier molecular flexibility index (Phi) is 5.28. The molecule has 1 aromatic rings. The molecule has 2 rings (SSSR count). The van der Waals surface area contributed by atoms with Gasteiger partial charge in [0.25, 0.3) is 0 Å². The summed E-state index contributed by atoms with van der Waals surface area (Å²) in [5, 5.41) is 12.1. The summed E-state index contributed by atoms with van der Waals surface area (Å²) in [6.07, 6.45) is 3.40. The van der Waals surface area contributed by atoms with Gasteiger partial charge in [-0.2, -0.15) is 10.2 Å². The van der Waals surface area contributed by atoms with Crippen LogP contribution in [0.1, 0.15) is 49.2 Å². The van der Waals surface area contributed by atoms with Crippen molar-refractivity contribution in [3.63, 3.8) is 0 Å². The van der Waals surface area contributed by atoms with Crippen LogP contribution < -0.4 is 5.32 Å². The summed E-state index contributed by atoms with van der Waals surface area (Å²) in [5.74, 6) is 0.641. The lowest BCUT2D eigenvalue weighted by molar-refractivity contribution is 0.0534. The van der Waals surface area contributed by atoms with Crippen LogP contribution in [0.15, 0.2) is 6.07 Å². The van der Waals surface area contributed by atoms with E-state index in [9.17, 15) is 0 Å². The highest BCUT2D eigenvalue weighted by Gasteiger charge is 2.26. The second kappa shape index (κ2) is 6.96. The van der Waals surface area contributed by atoms with E-state index >= 15 is 0 Å². The third-order valence-corrected chi connectivity index (χ3v) is 3.83. The number of nitrogens with zero attached hydrogens (tertiary/aromatic N) is 2. The quantitative estimate of drug-likeness (QED) is 0.887. The monoisotopic (exact) mass is 263 g/mol. The van der Waals surface area contributed by atoms with E-state index in [0.29, 0.717) is 12.0 Å². The summed E-state index contributed by atoms with van der Waals surface area (Å²) in [6.45, 7) is 9.08. The topological polar surface area (TPSA) is 47.0 Å². The molecule has 0 aromatic carbocycles. The highest BCUT2D eigenvalue weighted by atomic mass is 16.5. The van der Waals surface area contributed by atoms with E-state index in [0.717, 1.165) is 50.4 Å². The summed E-state index contributed by atoms with van der Waals surface area (Å²) in [4.78, 5) is 0. The first-order valence-electron chi connectivity index (χ1n) is 7.34. The molecular weight excluding hydrogens is 238 g/mol. The molecule has 1 atom stereocenters. The van der Waals surface area contributed by atoms with Gasteiger partial charge in [-0.05, 0) is 57.2 Å². The van der Waals surface area contributed by atoms with Gasteiger partial charge in [0.1, 0.15) is 0 Å². The van der Waals surface area contributed by atoms with E-state index in [-0.39, 0.29) is 0 Å². The SMILES string of the molecule is CCCNC(c1cc(C)nnc1C)C1CCOCC1. The van der Waals surface area contributed by atoms with Crippen LogP contribution in [-0.2, 0) is 4.74 Å². The molecule has 2 heterocycles. The van der Waals surface area contributed by atoms with E-state index in [4.69, 9.17) is 4.74 Å². The summed E-state index contributed by atoms with van der Waals surface area (Å²) in [5.41, 5.74) is 3.36. The molecule has 4 heteroatoms. The van der Waals surface area contributed by atoms with Crippen molar-refractivity contribution in [3.8, 4) is 0 Å². The molecule has 0 amide bonds. The number of ether oxygens (including phenoxy) is 1. The van der Waals surface area contributed by atoms with Gasteiger partial charge in [0.2, 0.25) is 0 Å². The number of hydrogen-bond donors (Lipinski definition) is 1. The summed E-state index contributed by atoms with van der Waals surface area (Å²) >= 11 is 0. The Labute approximate surface area is 116 Å². The molecule has 1 aliphatic rings. The third-order valence-electron chi connectivity index (χ3n) is 3.83. The predicted octanol–water partition coefficient (Wildman–Crippen LogP) is 2.56. The molecule has 4 nitrogen and oxygen atoms in total. The highest BCUT2D eigenvalue weighted by molar-refractivity contribution is 5.24. The van der Waals surface area contributed by atoms with Crippen LogP contribution in [0.25, 0.3) is 0 Å². The van der Waals surface area contributed by atoms with Gasteiger partial charge in [0, 0.05) is 19.3 Å². The maximum Gasteiger partial charge on any atom is 0.0648 e. The highest BCUT2D eigenvalue weighted by Crippen LogP contribution is 2.31. The van der Waals surface area contributed by atoms with E-state index in [1.165, 1.54) is 5.56 Å². The zero-order chi connectivity index (χ0) is 13.7. The van der Waals surface area contributed by atoms with Gasteiger partial charge in [0.15, 0.2) is 0 Å². The fourth-order valence-electron chi connectivity index (χ4n) is 2.76. The van der Waals surface area contributed by atoms with E-state index in [2.05, 4.69) is 35.4 Å². The van der Waals surface area contributed by atoms with Crippen molar-refractivity contribution in [1.82, 2.24) is 15.5 Å². The van der Waals surface area contributed by atoms with Crippen LogP contribution in [0, 0.1) is 19.8 Å². The van der Waals surface area contributed by atoms with Gasteiger partial charge in [-0.15, -0.1) is 0 Å². The maximum atomic E-state index is 5.49. The standard InChI is InChI=1S/C15H25N3O/c1-4-7-16-15(13-5-8-19-9-6-13)14-10-11(2)17-18-12(14)3/h10,13,15-16H,4-9H2,1-3H3. The van der Waals surface area contributed by atoms with Crippen LogP contribution >= 0.6 is 0 Å². The molecule has 0 saturated carbocycles. The fourth-order valence-corrected chi connectivity index (χ4v) is 2.76. The summed E-state index contributed by atoms with van der Waals surface area (Å²) in [7, 11) is 0. The van der Waals surface area contributed by atoms with Crippen LogP contribution in [-0.4, -0.2) is 30.0 Å². The molecule has 1 fully saturated rings. The Balaban J connectivity index is 2.22. The summed E-state index contributed by atoms with van der Waals surface area (Å²) < 4.78 is 5.49. The molecule has 0 bridgehead atoms. The largest absolute Gasteiger partial charge is 0.381 e. The second-order valence-corrected chi connectivity index (χ2v) is 5.41. The molecule has 0 radical (unpaired) electrons. The van der Waals surface area contributed by atoms with Crippen LogP contribution in [0.3, 0.4) is 0 Å². The molecule has 19 heavy (non-hydrogen) atoms. The van der Waals surface area contributed by atoms with Crippen molar-refractivity contribution in [2.75, 3.05) is 19.8 Å². The third kappa shape index (κ3) is 3.74. The van der Waals surface area contributed by atoms with Crippen molar-refractivity contribution in [2.45, 2.75) is 46.1 Å². The Hall–Kier alpha value is -1.00. The van der Waals surface area contributed by atoms with E-state index in [1.807, 2.05) is 6.92 Å². The minimum Gasteiger partial charge on any atom is -0.381 e. The number of aryl methyl sites for hydroxylation is 2. The molecule has 0 aliphatic carbocycles. The molecule has 0 spiro atoms. The van der Waals surface area contributed by atoms with Crippen molar-refractivity contribution >= 4 is 0 Å². The van der Waals surface area contributed by atoms with Gasteiger partial charge in [-0.25, -0.2) is 0 Å². The Bertz CT molecular complexity index is 402. The molecule has 1 aromatic heterocycles. The summed E-state index contributed by atoms with van der Waals surface area (Å²) in [6, 6.07) is 2.57. The predicted molar refractivity (Wildman–Crippen MR) is 76.1 cm³/mol. The van der Waals surface area contributed by atoms with Crippen LogP contribution in [0.4, 0.5) is 0 Å². The zero-order valence-corrected chi connectivity index (χ0v) is 12.3. The molecule has 1 N–H and O–H groups in total. The maximum absolute atomic E-state index is 5.49. The smallest absolute Gasteiger partial charge is 0.0648 e. The van der Waals surface area contributed by atoms with Crippen molar-refractivity contribution in [1.29, 1.82) is 0 Å². The average Bonchev–Trinajstić information content (AvgIpc) is 2.44. The first-order valence-corrected chi connectivity index (χ1v) is 7.34. The average molecular weight is 263 g/mol. The van der Waals surface area contributed by atoms with Gasteiger partial charge >= 0.3 is 0 Å². The van der Waals surface area contributed by atoms with Gasteiger partial charge < -0.3 is 10.1 Å². The molecule has 1 saturated heterocycles. The number of nitrogens with one attached hydrogen (secondary N) is 1. The minimum atomic E-state index is 0.387. The van der Waals surface area contributed by atoms with E-state index < -0.39 is 0 Å². The molecular formula is C15H25N3O. The Morgan fingerprint density at radius 1 is 1.32 bits per heavy atom. The normalized spacial score (nSPS) is 18.5. The van der Waals surface area contributed by atoms with Crippen molar-refractivity contribution in [3.05, 3.63) is 23.0 Å². The second-order valence-electron chi connectivity index (χ2n) is 5.41. The zero-order valence-electron chi connectivity index (χ0n) is 12.3. The lowest BCUT2D eigenvalue weighted by Gasteiger charge is -2.32. The number of hydrogen-bond acceptors (Lipinski definition) is 4. The van der Waals surface area contributed by atoms with Crippen LogP contribution in [0.5, 0.6) is 0 Å². The lowest BCUT2D eigenvalue weighted by Crippen LogP contribution is -2.33. The van der Waals surface area contributed by atoms with Gasteiger partial charge in [-0.1, -0.05) is 6.92 Å². The van der Waals surface area contributed by atoms with Crippen LogP contribution in [0.2, 0.25) is 0 Å². The molecule has 1 unspecified atom stereocenters. The van der Waals surface area contributed by atoms with Gasteiger partial charge in [-0.3, -0.25) is 0 Å². The first-order chi connectivity index (χ1) is 9.22. The number of aromatic nitrogens is 2. The fraction of sp³-hybridized carbons (Fsp3) is 0.733. The molecule has 106 valence electrons. The van der Waals surface area contributed by atoms with Gasteiger partial charge in [0.05, 0.1) is 11.4 Å². The lowest BCUT2D eigenvalue weighted by atomic mass is 9.86. The van der Waals surface area contributed by atoms with E-state index in [1.54, 1.807) is 0 Å². The van der Waals surface area contributed by atoms with Crippen molar-refractivity contribution < 1.29 is 4.74 Å². The Morgan fingerprint density at radius 3 is 2.74 bits per heavy atom. The minimum absolute atomic E-state index is 0.387. The first kappa shape index (κ1) is 14.4. The molecule has 1 aliphatic heterocycles.